The van der Waals surface area contributed by atoms with Crippen LogP contribution < -0.4 is 5.43 Å². The Morgan fingerprint density at radius 1 is 1.08 bits per heavy atom. The van der Waals surface area contributed by atoms with Gasteiger partial charge >= 0.3 is 0 Å². The van der Waals surface area contributed by atoms with Crippen LogP contribution in [0.1, 0.15) is 33.9 Å². The second-order valence-electron chi connectivity index (χ2n) is 7.26. The zero-order chi connectivity index (χ0) is 18.1. The van der Waals surface area contributed by atoms with Gasteiger partial charge in [-0.1, -0.05) is 24.3 Å². The predicted octanol–water partition coefficient (Wildman–Crippen LogP) is 2.26. The van der Waals surface area contributed by atoms with Crippen LogP contribution in [0.3, 0.4) is 0 Å². The van der Waals surface area contributed by atoms with E-state index in [-0.39, 0.29) is 17.1 Å². The van der Waals surface area contributed by atoms with E-state index in [0.717, 1.165) is 25.9 Å². The van der Waals surface area contributed by atoms with E-state index in [2.05, 4.69) is 29.2 Å². The van der Waals surface area contributed by atoms with E-state index >= 15 is 0 Å². The summed E-state index contributed by atoms with van der Waals surface area (Å²) in [4.78, 5) is 28.5. The number of piperazine rings is 1. The van der Waals surface area contributed by atoms with Crippen LogP contribution >= 0.6 is 0 Å². The molecule has 1 aromatic carbocycles. The summed E-state index contributed by atoms with van der Waals surface area (Å²) in [6.07, 6.45) is 3.41. The smallest absolute Gasteiger partial charge is 0.289 e. The molecule has 1 fully saturated rings. The van der Waals surface area contributed by atoms with Crippen LogP contribution in [-0.4, -0.2) is 47.9 Å². The van der Waals surface area contributed by atoms with Gasteiger partial charge in [-0.25, -0.2) is 0 Å². The Kier molecular flexibility index (Phi) is 4.64. The first-order valence-corrected chi connectivity index (χ1v) is 9.32. The fraction of sp³-hybridized carbons (Fsp3) is 0.429. The number of rotatable bonds is 2. The molecule has 0 bridgehead atoms. The van der Waals surface area contributed by atoms with Gasteiger partial charge in [-0.05, 0) is 37.3 Å². The molecule has 5 heteroatoms. The van der Waals surface area contributed by atoms with Gasteiger partial charge in [0.2, 0.25) is 0 Å². The zero-order valence-corrected chi connectivity index (χ0v) is 15.1. The molecule has 1 amide bonds. The molecule has 26 heavy (non-hydrogen) atoms. The van der Waals surface area contributed by atoms with Gasteiger partial charge in [0.25, 0.3) is 5.91 Å². The van der Waals surface area contributed by atoms with Gasteiger partial charge in [-0.15, -0.1) is 0 Å². The largest absolute Gasteiger partial charge is 0.456 e. The first-order valence-electron chi connectivity index (χ1n) is 9.32. The monoisotopic (exact) mass is 352 g/mol. The molecule has 0 saturated carbocycles. The molecule has 0 radical (unpaired) electrons. The molecule has 1 saturated heterocycles. The maximum Gasteiger partial charge on any atom is 0.289 e. The summed E-state index contributed by atoms with van der Waals surface area (Å²) in [6.45, 7) is 4.78. The molecule has 5 nitrogen and oxygen atoms in total. The minimum Gasteiger partial charge on any atom is -0.456 e. The first kappa shape index (κ1) is 17.0. The van der Waals surface area contributed by atoms with Crippen LogP contribution in [0.5, 0.6) is 0 Å². The molecule has 2 heterocycles. The normalized spacial score (nSPS) is 20.7. The second kappa shape index (κ2) is 7.08. The van der Waals surface area contributed by atoms with Gasteiger partial charge in [0.05, 0.1) is 0 Å². The number of carbonyl (C=O) groups excluding carboxylic acids is 1. The van der Waals surface area contributed by atoms with Crippen LogP contribution in [0, 0.1) is 6.92 Å². The Labute approximate surface area is 153 Å². The van der Waals surface area contributed by atoms with Crippen molar-refractivity contribution >= 4 is 5.91 Å². The van der Waals surface area contributed by atoms with Crippen LogP contribution in [0.15, 0.2) is 45.6 Å². The molecule has 0 unspecified atom stereocenters. The number of carbonyl (C=O) groups is 1. The van der Waals surface area contributed by atoms with Gasteiger partial charge in [0, 0.05) is 44.4 Å². The van der Waals surface area contributed by atoms with Gasteiger partial charge < -0.3 is 9.32 Å². The zero-order valence-electron chi connectivity index (χ0n) is 15.1. The lowest BCUT2D eigenvalue weighted by Crippen LogP contribution is -2.53. The molecule has 0 N–H and O–H groups in total. The lowest BCUT2D eigenvalue weighted by molar-refractivity contribution is 0.0521. The molecule has 4 rings (SSSR count). The Morgan fingerprint density at radius 3 is 2.54 bits per heavy atom. The van der Waals surface area contributed by atoms with E-state index in [4.69, 9.17) is 4.42 Å². The minimum atomic E-state index is -0.184. The number of amides is 1. The van der Waals surface area contributed by atoms with Crippen LogP contribution in [0.2, 0.25) is 0 Å². The maximum atomic E-state index is 12.6. The summed E-state index contributed by atoms with van der Waals surface area (Å²) in [7, 11) is 0. The Bertz CT molecular complexity index is 866. The van der Waals surface area contributed by atoms with E-state index in [1.807, 2.05) is 0 Å². The third-order valence-corrected chi connectivity index (χ3v) is 5.54. The highest BCUT2D eigenvalue weighted by atomic mass is 16.3. The van der Waals surface area contributed by atoms with E-state index in [9.17, 15) is 9.59 Å². The van der Waals surface area contributed by atoms with Gasteiger partial charge in [0.1, 0.15) is 5.76 Å². The number of aryl methyl sites for hydroxylation is 2. The van der Waals surface area contributed by atoms with Crippen molar-refractivity contribution < 1.29 is 9.21 Å². The maximum absolute atomic E-state index is 12.6. The van der Waals surface area contributed by atoms with Crippen LogP contribution in [0.4, 0.5) is 0 Å². The summed E-state index contributed by atoms with van der Waals surface area (Å²) < 4.78 is 5.45. The first-order chi connectivity index (χ1) is 12.6. The average molecular weight is 352 g/mol. The SMILES string of the molecule is Cc1cc(=O)cc(C(=O)N2CCN([C@H]3CCc4ccccc4C3)CC2)o1. The highest BCUT2D eigenvalue weighted by Crippen LogP contribution is 2.25. The highest BCUT2D eigenvalue weighted by Gasteiger charge is 2.29. The fourth-order valence-electron chi connectivity index (χ4n) is 4.15. The second-order valence-corrected chi connectivity index (χ2v) is 7.26. The van der Waals surface area contributed by atoms with Gasteiger partial charge in [0.15, 0.2) is 11.2 Å². The third kappa shape index (κ3) is 3.44. The van der Waals surface area contributed by atoms with E-state index in [0.29, 0.717) is 24.9 Å². The molecule has 136 valence electrons. The lowest BCUT2D eigenvalue weighted by Gasteiger charge is -2.41. The number of hydrogen-bond donors (Lipinski definition) is 0. The Hall–Kier alpha value is -2.40. The topological polar surface area (TPSA) is 53.8 Å². The van der Waals surface area contributed by atoms with Crippen molar-refractivity contribution in [1.29, 1.82) is 0 Å². The standard InChI is InChI=1S/C21H24N2O3/c1-15-12-19(24)14-20(26-15)21(25)23-10-8-22(9-11-23)18-7-6-16-4-2-3-5-17(16)13-18/h2-5,12,14,18H,6-11,13H2,1H3/t18-/m0/s1. The Morgan fingerprint density at radius 2 is 1.81 bits per heavy atom. The van der Waals surface area contributed by atoms with E-state index in [1.165, 1.54) is 29.7 Å². The number of benzene rings is 1. The number of hydrogen-bond acceptors (Lipinski definition) is 4. The van der Waals surface area contributed by atoms with E-state index in [1.54, 1.807) is 11.8 Å². The van der Waals surface area contributed by atoms with Gasteiger partial charge in [-0.2, -0.15) is 0 Å². The predicted molar refractivity (Wildman–Crippen MR) is 99.4 cm³/mol. The van der Waals surface area contributed by atoms with Crippen molar-refractivity contribution in [3.05, 3.63) is 69.3 Å². The van der Waals surface area contributed by atoms with Crippen molar-refractivity contribution in [2.24, 2.45) is 0 Å². The molecular weight excluding hydrogens is 328 g/mol. The van der Waals surface area contributed by atoms with Crippen molar-refractivity contribution in [3.63, 3.8) is 0 Å². The fourth-order valence-corrected chi connectivity index (χ4v) is 4.15. The lowest BCUT2D eigenvalue weighted by atomic mass is 9.87. The number of fused-ring (bicyclic) bond motifs is 1. The quantitative estimate of drug-likeness (QED) is 0.832. The number of nitrogens with zero attached hydrogens (tertiary/aromatic N) is 2. The summed E-state index contributed by atoms with van der Waals surface area (Å²) in [5.41, 5.74) is 2.76. The molecule has 1 aromatic heterocycles. The molecule has 2 aromatic rings. The molecular formula is C21H24N2O3. The van der Waals surface area contributed by atoms with Crippen molar-refractivity contribution in [2.75, 3.05) is 26.2 Å². The van der Waals surface area contributed by atoms with Crippen molar-refractivity contribution in [3.8, 4) is 0 Å². The molecule has 2 aliphatic rings. The summed E-state index contributed by atoms with van der Waals surface area (Å²) in [6, 6.07) is 12.0. The molecule has 0 spiro atoms. The average Bonchev–Trinajstić information content (AvgIpc) is 2.66. The molecule has 1 aliphatic heterocycles. The Balaban J connectivity index is 1.38. The highest BCUT2D eigenvalue weighted by molar-refractivity contribution is 5.91. The third-order valence-electron chi connectivity index (χ3n) is 5.54. The summed E-state index contributed by atoms with van der Waals surface area (Å²) >= 11 is 0. The molecule has 1 atom stereocenters. The summed E-state index contributed by atoms with van der Waals surface area (Å²) in [5.74, 6) is 0.440. The van der Waals surface area contributed by atoms with Crippen LogP contribution in [-0.2, 0) is 12.8 Å². The summed E-state index contributed by atoms with van der Waals surface area (Å²) in [5, 5.41) is 0. The van der Waals surface area contributed by atoms with Crippen molar-refractivity contribution in [2.45, 2.75) is 32.2 Å². The van der Waals surface area contributed by atoms with Crippen LogP contribution in [0.25, 0.3) is 0 Å². The van der Waals surface area contributed by atoms with Gasteiger partial charge in [-0.3, -0.25) is 14.5 Å². The molecule has 1 aliphatic carbocycles. The van der Waals surface area contributed by atoms with Crippen molar-refractivity contribution in [1.82, 2.24) is 9.80 Å². The van der Waals surface area contributed by atoms with E-state index < -0.39 is 0 Å². The minimum absolute atomic E-state index is 0.148.